The lowest BCUT2D eigenvalue weighted by molar-refractivity contribution is -0.131. The second kappa shape index (κ2) is 10.5. The molecule has 2 heterocycles. The van der Waals surface area contributed by atoms with Gasteiger partial charge in [0.1, 0.15) is 5.60 Å². The Labute approximate surface area is 237 Å². The minimum absolute atomic E-state index is 0.0171. The van der Waals surface area contributed by atoms with Crippen molar-refractivity contribution in [3.05, 3.63) is 53.1 Å². The fraction of sp³-hybridized carbons (Fsp3) is 0.484. The van der Waals surface area contributed by atoms with Crippen molar-refractivity contribution in [3.8, 4) is 11.1 Å². The zero-order chi connectivity index (χ0) is 29.8. The van der Waals surface area contributed by atoms with Crippen LogP contribution in [0.15, 0.2) is 30.3 Å². The molecule has 0 radical (unpaired) electrons. The van der Waals surface area contributed by atoms with Crippen LogP contribution in [-0.4, -0.2) is 53.3 Å². The smallest absolute Gasteiger partial charge is 0.411 e. The first-order chi connectivity index (χ1) is 19.2. The van der Waals surface area contributed by atoms with Gasteiger partial charge in [0.05, 0.1) is 12.5 Å². The molecule has 41 heavy (non-hydrogen) atoms. The second-order valence-electron chi connectivity index (χ2n) is 12.4. The van der Waals surface area contributed by atoms with Crippen molar-refractivity contribution in [2.24, 2.45) is 17.6 Å². The zero-order valence-corrected chi connectivity index (χ0v) is 23.7. The monoisotopic (exact) mass is 567 g/mol. The van der Waals surface area contributed by atoms with Gasteiger partial charge in [0.15, 0.2) is 17.4 Å². The quantitative estimate of drug-likeness (QED) is 0.528. The number of hydrogen-bond donors (Lipinski definition) is 1. The Morgan fingerprint density at radius 1 is 1.10 bits per heavy atom. The summed E-state index contributed by atoms with van der Waals surface area (Å²) in [5, 5.41) is 0. The maximum Gasteiger partial charge on any atom is 0.411 e. The number of primary amides is 1. The number of piperidine rings is 1. The predicted octanol–water partition coefficient (Wildman–Crippen LogP) is 4.54. The summed E-state index contributed by atoms with van der Waals surface area (Å²) in [7, 11) is 1.63. The molecule has 5 rings (SSSR count). The van der Waals surface area contributed by atoms with Crippen LogP contribution < -0.4 is 10.6 Å². The van der Waals surface area contributed by atoms with Gasteiger partial charge in [-0.3, -0.25) is 19.3 Å². The van der Waals surface area contributed by atoms with Crippen LogP contribution in [0, 0.1) is 23.5 Å². The summed E-state index contributed by atoms with van der Waals surface area (Å²) in [6, 6.07) is 6.98. The van der Waals surface area contributed by atoms with E-state index in [9.17, 15) is 19.2 Å². The van der Waals surface area contributed by atoms with E-state index in [2.05, 4.69) is 0 Å². The highest BCUT2D eigenvalue weighted by atomic mass is 19.2. The van der Waals surface area contributed by atoms with Crippen LogP contribution >= 0.6 is 0 Å². The Hall–Kier alpha value is -3.82. The number of rotatable bonds is 7. The van der Waals surface area contributed by atoms with Gasteiger partial charge >= 0.3 is 6.09 Å². The summed E-state index contributed by atoms with van der Waals surface area (Å²) in [4.78, 5) is 53.8. The van der Waals surface area contributed by atoms with Gasteiger partial charge in [0.2, 0.25) is 11.8 Å². The van der Waals surface area contributed by atoms with E-state index in [0.29, 0.717) is 17.7 Å². The van der Waals surface area contributed by atoms with Crippen LogP contribution in [0.4, 0.5) is 19.3 Å². The maximum atomic E-state index is 15.3. The van der Waals surface area contributed by atoms with Crippen LogP contribution in [0.5, 0.6) is 0 Å². The number of halogens is 2. The minimum Gasteiger partial charge on any atom is -0.444 e. The molecule has 8 nitrogen and oxygen atoms in total. The van der Waals surface area contributed by atoms with Gasteiger partial charge in [-0.15, -0.1) is 0 Å². The molecular weight excluding hydrogens is 532 g/mol. The molecule has 2 aromatic rings. The third-order valence-electron chi connectivity index (χ3n) is 8.47. The van der Waals surface area contributed by atoms with E-state index in [1.54, 1.807) is 46.0 Å². The number of Topliss-reactive ketones (excluding diaryl/α,β-unsaturated/α-hetero) is 1. The second-order valence-corrected chi connectivity index (χ2v) is 12.4. The summed E-state index contributed by atoms with van der Waals surface area (Å²) < 4.78 is 36.2. The van der Waals surface area contributed by atoms with Gasteiger partial charge in [-0.25, -0.2) is 13.6 Å². The molecule has 218 valence electrons. The summed E-state index contributed by atoms with van der Waals surface area (Å²) in [5.74, 6) is -4.55. The van der Waals surface area contributed by atoms with E-state index in [0.717, 1.165) is 18.4 Å². The number of hydrogen-bond acceptors (Lipinski definition) is 5. The first-order valence-electron chi connectivity index (χ1n) is 13.9. The van der Waals surface area contributed by atoms with Gasteiger partial charge in [0.25, 0.3) is 0 Å². The highest BCUT2D eigenvalue weighted by molar-refractivity contribution is 6.01. The Kier molecular flexibility index (Phi) is 7.38. The number of fused-ring (bicyclic) bond motifs is 3. The molecule has 2 aliphatic heterocycles. The number of anilines is 1. The molecule has 2 bridgehead atoms. The van der Waals surface area contributed by atoms with Crippen molar-refractivity contribution in [1.82, 2.24) is 4.90 Å². The standard InChI is InChI=1S/C31H35F2N3O5/c1-31(2,3)41-30(40)36-21-9-7-19(12-21)28(36)24(37)14-20(29(34)39)11-18-8-10-22(27(33)26(18)32)16-5-6-17-15-25(38)35(4)23(17)13-16/h5-6,8,10,13,19-21,28H,7,9,11-12,14-15H2,1-4H3,(H2,34,39)/t19-,20+,21+,28-/m0/s1. The average molecular weight is 568 g/mol. The largest absolute Gasteiger partial charge is 0.444 e. The molecule has 1 saturated heterocycles. The number of nitrogens with two attached hydrogens (primary N) is 1. The van der Waals surface area contributed by atoms with E-state index in [-0.39, 0.29) is 54.0 Å². The molecule has 0 spiro atoms. The van der Waals surface area contributed by atoms with Crippen LogP contribution in [-0.2, 0) is 32.0 Å². The Bertz CT molecular complexity index is 1440. The normalized spacial score (nSPS) is 22.2. The van der Waals surface area contributed by atoms with E-state index >= 15 is 8.78 Å². The molecule has 1 aliphatic carbocycles. The van der Waals surface area contributed by atoms with Crippen LogP contribution in [0.1, 0.15) is 57.6 Å². The molecule has 2 N–H and O–H groups in total. The van der Waals surface area contributed by atoms with Gasteiger partial charge in [-0.1, -0.05) is 24.3 Å². The molecule has 1 saturated carbocycles. The highest BCUT2D eigenvalue weighted by Crippen LogP contribution is 2.44. The number of carbonyl (C=O) groups excluding carboxylic acids is 4. The van der Waals surface area contributed by atoms with Crippen molar-refractivity contribution in [2.75, 3.05) is 11.9 Å². The van der Waals surface area contributed by atoms with Crippen molar-refractivity contribution >= 4 is 29.4 Å². The molecule has 2 aromatic carbocycles. The van der Waals surface area contributed by atoms with Gasteiger partial charge in [0, 0.05) is 36.7 Å². The maximum absolute atomic E-state index is 15.3. The first kappa shape index (κ1) is 28.7. The lowest BCUT2D eigenvalue weighted by Crippen LogP contribution is -2.51. The Morgan fingerprint density at radius 2 is 1.83 bits per heavy atom. The molecular formula is C31H35F2N3O5. The van der Waals surface area contributed by atoms with Gasteiger partial charge in [-0.05, 0) is 75.1 Å². The predicted molar refractivity (Wildman–Crippen MR) is 148 cm³/mol. The third-order valence-corrected chi connectivity index (χ3v) is 8.47. The van der Waals surface area contributed by atoms with Crippen LogP contribution in [0.2, 0.25) is 0 Å². The van der Waals surface area contributed by atoms with Crippen molar-refractivity contribution in [1.29, 1.82) is 0 Å². The fourth-order valence-electron chi connectivity index (χ4n) is 6.46. The zero-order valence-electron chi connectivity index (χ0n) is 23.7. The minimum atomic E-state index is -1.12. The number of carbonyl (C=O) groups is 4. The number of benzene rings is 2. The van der Waals surface area contributed by atoms with Gasteiger partial charge in [-0.2, -0.15) is 0 Å². The number of likely N-dealkylation sites (N-methyl/N-ethyl adjacent to an activating group) is 1. The topological polar surface area (TPSA) is 110 Å². The molecule has 3 amide bonds. The Morgan fingerprint density at radius 3 is 2.51 bits per heavy atom. The number of ketones is 1. The molecule has 0 aromatic heterocycles. The van der Waals surface area contributed by atoms with Crippen molar-refractivity contribution in [3.63, 3.8) is 0 Å². The van der Waals surface area contributed by atoms with E-state index in [1.807, 2.05) is 0 Å². The fourth-order valence-corrected chi connectivity index (χ4v) is 6.46. The van der Waals surface area contributed by atoms with Gasteiger partial charge < -0.3 is 15.4 Å². The number of likely N-dealkylation sites (tertiary alicyclic amines) is 1. The van der Waals surface area contributed by atoms with E-state index in [4.69, 9.17) is 10.5 Å². The van der Waals surface area contributed by atoms with Crippen molar-refractivity contribution in [2.45, 2.75) is 77.0 Å². The SMILES string of the molecule is CN1C(=O)Cc2ccc(-c3ccc(C[C@H](CC(=O)[C@@H]4[C@H]5CC[C@H](C5)N4C(=O)OC(C)(C)C)C(N)=O)c(F)c3F)cc21. The van der Waals surface area contributed by atoms with E-state index in [1.165, 1.54) is 21.9 Å². The third kappa shape index (κ3) is 5.44. The van der Waals surface area contributed by atoms with Crippen molar-refractivity contribution < 1.29 is 32.7 Å². The molecule has 0 unspecified atom stereocenters. The lowest BCUT2D eigenvalue weighted by Gasteiger charge is -2.36. The highest BCUT2D eigenvalue weighted by Gasteiger charge is 2.52. The van der Waals surface area contributed by atoms with Crippen LogP contribution in [0.25, 0.3) is 11.1 Å². The first-order valence-corrected chi connectivity index (χ1v) is 13.9. The average Bonchev–Trinajstić information content (AvgIpc) is 3.59. The number of amides is 3. The number of ether oxygens (including phenoxy) is 1. The van der Waals surface area contributed by atoms with E-state index < -0.39 is 41.2 Å². The summed E-state index contributed by atoms with van der Waals surface area (Å²) in [6.07, 6.45) is 1.38. The lowest BCUT2D eigenvalue weighted by atomic mass is 9.86. The number of nitrogens with zero attached hydrogens (tertiary/aromatic N) is 2. The summed E-state index contributed by atoms with van der Waals surface area (Å²) in [6.45, 7) is 5.26. The molecule has 3 aliphatic rings. The molecule has 2 fully saturated rings. The summed E-state index contributed by atoms with van der Waals surface area (Å²) >= 11 is 0. The molecule has 10 heteroatoms. The molecule has 4 atom stereocenters. The summed E-state index contributed by atoms with van der Waals surface area (Å²) in [5.41, 5.74) is 6.70. The Balaban J connectivity index is 1.34. The van der Waals surface area contributed by atoms with Crippen LogP contribution in [0.3, 0.4) is 0 Å².